The predicted octanol–water partition coefficient (Wildman–Crippen LogP) is 3.78. The van der Waals surface area contributed by atoms with Crippen LogP contribution in [0.2, 0.25) is 0 Å². The molecule has 4 aromatic rings. The van der Waals surface area contributed by atoms with E-state index in [0.29, 0.717) is 43.0 Å². The number of rotatable bonds is 15. The minimum atomic E-state index is -0.923. The molecule has 3 N–H and O–H groups in total. The molecule has 0 aliphatic carbocycles. The zero-order chi connectivity index (χ0) is 28.4. The molecule has 0 amide bonds. The van der Waals surface area contributed by atoms with Gasteiger partial charge in [-0.05, 0) is 68.8 Å². The summed E-state index contributed by atoms with van der Waals surface area (Å²) in [5.41, 5.74) is 3.06. The van der Waals surface area contributed by atoms with E-state index in [0.717, 1.165) is 62.5 Å². The van der Waals surface area contributed by atoms with Crippen molar-refractivity contribution in [1.29, 1.82) is 0 Å². The maximum absolute atomic E-state index is 12.2. The Morgan fingerprint density at radius 1 is 1.15 bits per heavy atom. The second kappa shape index (κ2) is 13.9. The van der Waals surface area contributed by atoms with Crippen molar-refractivity contribution in [2.75, 3.05) is 43.4 Å². The molecule has 1 aliphatic rings. The number of para-hydroxylation sites is 1. The molecule has 4 heterocycles. The van der Waals surface area contributed by atoms with Gasteiger partial charge in [0.2, 0.25) is 0 Å². The summed E-state index contributed by atoms with van der Waals surface area (Å²) >= 11 is 0. The van der Waals surface area contributed by atoms with E-state index < -0.39 is 12.0 Å². The van der Waals surface area contributed by atoms with Crippen molar-refractivity contribution in [2.24, 2.45) is 7.05 Å². The average Bonchev–Trinajstić information content (AvgIpc) is 3.38. The number of anilines is 2. The number of nitrogens with one attached hydrogen (secondary N) is 2. The molecule has 5 rings (SSSR count). The lowest BCUT2D eigenvalue weighted by Crippen LogP contribution is -2.37. The van der Waals surface area contributed by atoms with Gasteiger partial charge in [-0.3, -0.25) is 9.58 Å². The first-order valence-electron chi connectivity index (χ1n) is 14.3. The molecule has 0 unspecified atom stereocenters. The first kappa shape index (κ1) is 28.3. The van der Waals surface area contributed by atoms with E-state index in [4.69, 9.17) is 9.72 Å². The van der Waals surface area contributed by atoms with Gasteiger partial charge in [-0.15, -0.1) is 0 Å². The summed E-state index contributed by atoms with van der Waals surface area (Å²) in [7, 11) is 1.79. The van der Waals surface area contributed by atoms with Gasteiger partial charge in [0.25, 0.3) is 0 Å². The number of aromatic nitrogens is 5. The Bertz CT molecular complexity index is 1430. The van der Waals surface area contributed by atoms with Crippen molar-refractivity contribution in [3.63, 3.8) is 0 Å². The van der Waals surface area contributed by atoms with Gasteiger partial charge >= 0.3 is 5.97 Å². The third kappa shape index (κ3) is 7.69. The SMILES string of the molecule is Cn1ncc2c(N[C@@H](CCN(CCCCc3ccc4c(n3)NCCC4)CCOc3ccccc3)C(=O)O)ncnc21. The lowest BCUT2D eigenvalue weighted by molar-refractivity contribution is -0.138. The number of ether oxygens (including phenoxy) is 1. The molecule has 1 atom stereocenters. The molecular formula is C30H38N8O3. The number of carboxylic acids is 1. The zero-order valence-corrected chi connectivity index (χ0v) is 23.5. The molecule has 1 aromatic carbocycles. The molecule has 0 radical (unpaired) electrons. The maximum Gasteiger partial charge on any atom is 0.326 e. The Balaban J connectivity index is 1.17. The highest BCUT2D eigenvalue weighted by molar-refractivity contribution is 5.88. The highest BCUT2D eigenvalue weighted by atomic mass is 16.5. The van der Waals surface area contributed by atoms with E-state index in [-0.39, 0.29) is 0 Å². The van der Waals surface area contributed by atoms with Gasteiger partial charge in [0.15, 0.2) is 5.65 Å². The van der Waals surface area contributed by atoms with Crippen molar-refractivity contribution in [3.05, 3.63) is 66.2 Å². The molecule has 11 nitrogen and oxygen atoms in total. The molecule has 0 bridgehead atoms. The predicted molar refractivity (Wildman–Crippen MR) is 158 cm³/mol. The summed E-state index contributed by atoms with van der Waals surface area (Å²) in [6, 6.07) is 13.3. The topological polar surface area (TPSA) is 130 Å². The summed E-state index contributed by atoms with van der Waals surface area (Å²) in [6.07, 6.45) is 8.62. The number of aliphatic carboxylic acids is 1. The molecule has 0 saturated heterocycles. The molecule has 11 heteroatoms. The molecule has 41 heavy (non-hydrogen) atoms. The Kier molecular flexibility index (Phi) is 9.58. The summed E-state index contributed by atoms with van der Waals surface area (Å²) in [4.78, 5) is 27.8. The summed E-state index contributed by atoms with van der Waals surface area (Å²) in [5.74, 6) is 1.41. The van der Waals surface area contributed by atoms with Crippen molar-refractivity contribution in [1.82, 2.24) is 29.6 Å². The fraction of sp³-hybridized carbons (Fsp3) is 0.433. The third-order valence-electron chi connectivity index (χ3n) is 7.40. The molecule has 216 valence electrons. The van der Waals surface area contributed by atoms with Crippen LogP contribution in [0.15, 0.2) is 55.0 Å². The smallest absolute Gasteiger partial charge is 0.326 e. The number of pyridine rings is 1. The first-order valence-corrected chi connectivity index (χ1v) is 14.3. The fourth-order valence-corrected chi connectivity index (χ4v) is 5.11. The van der Waals surface area contributed by atoms with Crippen LogP contribution in [0.1, 0.15) is 36.9 Å². The lowest BCUT2D eigenvalue weighted by Gasteiger charge is -2.25. The molecule has 0 spiro atoms. The van der Waals surface area contributed by atoms with Crippen LogP contribution in [-0.2, 0) is 24.7 Å². The van der Waals surface area contributed by atoms with Crippen LogP contribution in [0.4, 0.5) is 11.6 Å². The van der Waals surface area contributed by atoms with Gasteiger partial charge in [-0.25, -0.2) is 19.7 Å². The van der Waals surface area contributed by atoms with Crippen LogP contribution in [0.25, 0.3) is 11.0 Å². The number of unbranched alkanes of at least 4 members (excludes halogenated alkanes) is 1. The normalized spacial score (nSPS) is 13.5. The quantitative estimate of drug-likeness (QED) is 0.185. The molecule has 0 fully saturated rings. The Morgan fingerprint density at radius 3 is 2.88 bits per heavy atom. The maximum atomic E-state index is 12.2. The van der Waals surface area contributed by atoms with Gasteiger partial charge in [0, 0.05) is 32.4 Å². The minimum Gasteiger partial charge on any atom is -0.492 e. The van der Waals surface area contributed by atoms with Gasteiger partial charge in [-0.2, -0.15) is 5.10 Å². The van der Waals surface area contributed by atoms with Crippen LogP contribution in [0.3, 0.4) is 0 Å². The second-order valence-corrected chi connectivity index (χ2v) is 10.4. The number of aryl methyl sites for hydroxylation is 3. The number of benzene rings is 1. The lowest BCUT2D eigenvalue weighted by atomic mass is 10.1. The third-order valence-corrected chi connectivity index (χ3v) is 7.40. The van der Waals surface area contributed by atoms with Crippen LogP contribution in [0, 0.1) is 0 Å². The van der Waals surface area contributed by atoms with E-state index in [1.807, 2.05) is 30.3 Å². The monoisotopic (exact) mass is 558 g/mol. The van der Waals surface area contributed by atoms with E-state index >= 15 is 0 Å². The standard InChI is InChI=1S/C30H38N8O3/c1-37-29-25(20-34-37)28(32-21-33-29)36-26(30(39)40)14-17-38(18-19-41-24-10-3-2-4-11-24)16-6-5-9-23-13-12-22-8-7-15-31-27(22)35-23/h2-4,10-13,20-21,26H,5-9,14-19H2,1H3,(H,31,35)(H,39,40)(H,32,33,36)/t26-/m0/s1. The van der Waals surface area contributed by atoms with E-state index in [1.54, 1.807) is 17.9 Å². The van der Waals surface area contributed by atoms with Crippen molar-refractivity contribution in [2.45, 2.75) is 44.6 Å². The van der Waals surface area contributed by atoms with Crippen LogP contribution < -0.4 is 15.4 Å². The van der Waals surface area contributed by atoms with Crippen molar-refractivity contribution >= 4 is 28.6 Å². The number of carbonyl (C=O) groups is 1. The Hall–Kier alpha value is -4.25. The second-order valence-electron chi connectivity index (χ2n) is 10.4. The van der Waals surface area contributed by atoms with Crippen LogP contribution in [-0.4, -0.2) is 79.5 Å². The fourth-order valence-electron chi connectivity index (χ4n) is 5.11. The largest absolute Gasteiger partial charge is 0.492 e. The number of carboxylic acid groups (broad SMARTS) is 1. The first-order chi connectivity index (χ1) is 20.1. The molecule has 1 aliphatic heterocycles. The van der Waals surface area contributed by atoms with Crippen molar-refractivity contribution < 1.29 is 14.6 Å². The summed E-state index contributed by atoms with van der Waals surface area (Å²) < 4.78 is 7.59. The van der Waals surface area contributed by atoms with Gasteiger partial charge in [-0.1, -0.05) is 24.3 Å². The summed E-state index contributed by atoms with van der Waals surface area (Å²) in [6.45, 7) is 3.65. The van der Waals surface area contributed by atoms with Gasteiger partial charge in [0.05, 0.1) is 11.6 Å². The Morgan fingerprint density at radius 2 is 2.02 bits per heavy atom. The van der Waals surface area contributed by atoms with Crippen LogP contribution >= 0.6 is 0 Å². The highest BCUT2D eigenvalue weighted by Crippen LogP contribution is 2.21. The molecule has 3 aromatic heterocycles. The average molecular weight is 559 g/mol. The Labute approximate surface area is 240 Å². The number of hydrogen-bond donors (Lipinski definition) is 3. The van der Waals surface area contributed by atoms with E-state index in [9.17, 15) is 9.90 Å². The van der Waals surface area contributed by atoms with E-state index in [2.05, 4.69) is 42.7 Å². The van der Waals surface area contributed by atoms with Crippen LogP contribution in [0.5, 0.6) is 5.75 Å². The van der Waals surface area contributed by atoms with Gasteiger partial charge < -0.3 is 20.5 Å². The number of fused-ring (bicyclic) bond motifs is 2. The molecular weight excluding hydrogens is 520 g/mol. The number of hydrogen-bond acceptors (Lipinski definition) is 9. The van der Waals surface area contributed by atoms with E-state index in [1.165, 1.54) is 11.9 Å². The highest BCUT2D eigenvalue weighted by Gasteiger charge is 2.21. The summed E-state index contributed by atoms with van der Waals surface area (Å²) in [5, 5.41) is 21.4. The molecule has 0 saturated carbocycles. The minimum absolute atomic E-state index is 0.407. The van der Waals surface area contributed by atoms with Gasteiger partial charge in [0.1, 0.15) is 36.4 Å². The van der Waals surface area contributed by atoms with Crippen molar-refractivity contribution in [3.8, 4) is 5.75 Å². The zero-order valence-electron chi connectivity index (χ0n) is 23.5. The number of nitrogens with zero attached hydrogens (tertiary/aromatic N) is 6.